The van der Waals surface area contributed by atoms with E-state index in [0.717, 1.165) is 19.8 Å². The van der Waals surface area contributed by atoms with E-state index in [1.54, 1.807) is 6.92 Å². The molecular weight excluding hydrogens is 382 g/mol. The Bertz CT molecular complexity index is 444. The van der Waals surface area contributed by atoms with Crippen LogP contribution in [0.25, 0.3) is 0 Å². The van der Waals surface area contributed by atoms with Gasteiger partial charge in [0.05, 0.1) is 25.9 Å². The van der Waals surface area contributed by atoms with Crippen LogP contribution >= 0.6 is 12.6 Å². The molecule has 1 rings (SSSR count). The van der Waals surface area contributed by atoms with Gasteiger partial charge in [0.2, 0.25) is 6.41 Å². The highest BCUT2D eigenvalue weighted by Crippen LogP contribution is 2.17. The van der Waals surface area contributed by atoms with Crippen molar-refractivity contribution in [3.63, 3.8) is 0 Å². The van der Waals surface area contributed by atoms with E-state index in [9.17, 15) is 14.4 Å². The number of aliphatic hydroxyl groups is 1. The molecule has 0 radical (unpaired) electrons. The van der Waals surface area contributed by atoms with Gasteiger partial charge in [-0.1, -0.05) is 0 Å². The third-order valence-corrected chi connectivity index (χ3v) is 3.29. The SMILES string of the molecule is CC(=O)O.CC(=O)OC1CCOC(CS)C1.CCOC(=O)C(CO)NC=O. The second-order valence-corrected chi connectivity index (χ2v) is 5.59. The topological polar surface area (TPSA) is 148 Å². The van der Waals surface area contributed by atoms with Gasteiger partial charge in [-0.05, 0) is 6.92 Å². The van der Waals surface area contributed by atoms with Crippen molar-refractivity contribution in [3.05, 3.63) is 0 Å². The normalized spacial score (nSPS) is 19.0. The van der Waals surface area contributed by atoms with E-state index in [-0.39, 0.29) is 24.8 Å². The molecule has 1 aliphatic heterocycles. The van der Waals surface area contributed by atoms with E-state index in [1.807, 2.05) is 0 Å². The molecule has 1 fully saturated rings. The Morgan fingerprint density at radius 3 is 2.37 bits per heavy atom. The Labute approximate surface area is 163 Å². The molecule has 3 N–H and O–H groups in total. The quantitative estimate of drug-likeness (QED) is 0.253. The summed E-state index contributed by atoms with van der Waals surface area (Å²) in [5.41, 5.74) is 0. The van der Waals surface area contributed by atoms with Crippen molar-refractivity contribution in [1.29, 1.82) is 0 Å². The van der Waals surface area contributed by atoms with Crippen LogP contribution in [0.4, 0.5) is 0 Å². The standard InChI is InChI=1S/C8H14O3S.C6H11NO4.C2H4O2/c1-6(9)11-7-2-3-10-8(4-7)5-12;1-2-11-6(10)5(3-8)7-4-9;1-2(3)4/h7-8,12H,2-5H2,1H3;4-5,8H,2-3H2,1H3,(H,7,9);1H3,(H,3,4). The molecule has 3 unspecified atom stereocenters. The fraction of sp³-hybridized carbons (Fsp3) is 0.750. The summed E-state index contributed by atoms with van der Waals surface area (Å²) in [7, 11) is 0. The highest BCUT2D eigenvalue weighted by atomic mass is 32.1. The molecule has 0 spiro atoms. The predicted molar refractivity (Wildman–Crippen MR) is 98.4 cm³/mol. The molecule has 3 atom stereocenters. The number of carbonyl (C=O) groups is 4. The molecular formula is C16H29NO9S. The summed E-state index contributed by atoms with van der Waals surface area (Å²) in [5, 5.41) is 18.1. The van der Waals surface area contributed by atoms with Gasteiger partial charge in [0.25, 0.3) is 5.97 Å². The van der Waals surface area contributed by atoms with Gasteiger partial charge in [0, 0.05) is 32.4 Å². The number of carbonyl (C=O) groups excluding carboxylic acids is 3. The van der Waals surface area contributed by atoms with Gasteiger partial charge in [-0.25, -0.2) is 4.79 Å². The number of thiol groups is 1. The average Bonchev–Trinajstić information content (AvgIpc) is 2.59. The van der Waals surface area contributed by atoms with Crippen LogP contribution in [0.3, 0.4) is 0 Å². The summed E-state index contributed by atoms with van der Waals surface area (Å²) >= 11 is 4.13. The lowest BCUT2D eigenvalue weighted by molar-refractivity contribution is -0.152. The van der Waals surface area contributed by atoms with E-state index in [4.69, 9.17) is 24.5 Å². The first-order valence-corrected chi connectivity index (χ1v) is 8.91. The summed E-state index contributed by atoms with van der Waals surface area (Å²) in [6, 6.07) is -0.938. The smallest absolute Gasteiger partial charge is 0.331 e. The fourth-order valence-electron chi connectivity index (χ4n) is 1.83. The Morgan fingerprint density at radius 2 is 1.96 bits per heavy atom. The van der Waals surface area contributed by atoms with E-state index < -0.39 is 24.6 Å². The molecule has 27 heavy (non-hydrogen) atoms. The molecule has 1 heterocycles. The van der Waals surface area contributed by atoms with Crippen LogP contribution in [0.5, 0.6) is 0 Å². The average molecular weight is 411 g/mol. The maximum absolute atomic E-state index is 10.8. The third-order valence-electron chi connectivity index (χ3n) is 2.88. The summed E-state index contributed by atoms with van der Waals surface area (Å²) in [5.74, 6) is -0.973. The molecule has 0 aromatic carbocycles. The van der Waals surface area contributed by atoms with E-state index >= 15 is 0 Å². The van der Waals surface area contributed by atoms with Crippen LogP contribution in [0.2, 0.25) is 0 Å². The zero-order valence-corrected chi connectivity index (χ0v) is 16.6. The Morgan fingerprint density at radius 1 is 1.37 bits per heavy atom. The van der Waals surface area contributed by atoms with Crippen LogP contribution in [0.1, 0.15) is 33.6 Å². The van der Waals surface area contributed by atoms with Crippen LogP contribution < -0.4 is 5.32 Å². The Hall–Kier alpha value is -1.85. The molecule has 0 aromatic heterocycles. The predicted octanol–water partition coefficient (Wildman–Crippen LogP) is -0.226. The Balaban J connectivity index is 0. The number of ether oxygens (including phenoxy) is 3. The summed E-state index contributed by atoms with van der Waals surface area (Å²) in [6.07, 6.45) is 2.12. The number of carboxylic acid groups (broad SMARTS) is 1. The second kappa shape index (κ2) is 17.6. The summed E-state index contributed by atoms with van der Waals surface area (Å²) < 4.78 is 15.0. The van der Waals surface area contributed by atoms with Crippen LogP contribution in [0.15, 0.2) is 0 Å². The lowest BCUT2D eigenvalue weighted by Crippen LogP contribution is -2.40. The van der Waals surface area contributed by atoms with Crippen molar-refractivity contribution >= 4 is 36.9 Å². The molecule has 11 heteroatoms. The van der Waals surface area contributed by atoms with Gasteiger partial charge in [0.15, 0.2) is 0 Å². The lowest BCUT2D eigenvalue weighted by Gasteiger charge is -2.27. The Kier molecular flexibility index (Phi) is 17.8. The van der Waals surface area contributed by atoms with E-state index in [2.05, 4.69) is 22.7 Å². The largest absolute Gasteiger partial charge is 0.481 e. The monoisotopic (exact) mass is 411 g/mol. The van der Waals surface area contributed by atoms with Crippen LogP contribution in [-0.4, -0.2) is 78.4 Å². The van der Waals surface area contributed by atoms with Gasteiger partial charge >= 0.3 is 11.9 Å². The molecule has 0 aromatic rings. The minimum absolute atomic E-state index is 0.0356. The molecule has 0 saturated carbocycles. The molecule has 1 saturated heterocycles. The number of aliphatic carboxylic acids is 1. The first-order chi connectivity index (χ1) is 12.7. The van der Waals surface area contributed by atoms with Crippen molar-refractivity contribution in [3.8, 4) is 0 Å². The number of rotatable bonds is 7. The number of hydrogen-bond donors (Lipinski definition) is 4. The van der Waals surface area contributed by atoms with Gasteiger partial charge in [-0.3, -0.25) is 14.4 Å². The maximum Gasteiger partial charge on any atom is 0.331 e. The van der Waals surface area contributed by atoms with Crippen molar-refractivity contribution in [2.24, 2.45) is 0 Å². The first kappa shape index (κ1) is 27.4. The van der Waals surface area contributed by atoms with Crippen LogP contribution in [0, 0.1) is 0 Å². The minimum atomic E-state index is -0.938. The van der Waals surface area contributed by atoms with Gasteiger partial charge in [-0.15, -0.1) is 0 Å². The number of nitrogens with one attached hydrogen (secondary N) is 1. The van der Waals surface area contributed by atoms with Crippen molar-refractivity contribution < 1.29 is 43.6 Å². The lowest BCUT2D eigenvalue weighted by atomic mass is 10.1. The highest BCUT2D eigenvalue weighted by molar-refractivity contribution is 7.80. The fourth-order valence-corrected chi connectivity index (χ4v) is 2.09. The number of esters is 2. The van der Waals surface area contributed by atoms with Gasteiger partial charge in [-0.2, -0.15) is 12.6 Å². The van der Waals surface area contributed by atoms with Gasteiger partial charge < -0.3 is 29.7 Å². The second-order valence-electron chi connectivity index (χ2n) is 5.22. The summed E-state index contributed by atoms with van der Waals surface area (Å²) in [4.78, 5) is 40.2. The molecule has 1 amide bonds. The minimum Gasteiger partial charge on any atom is -0.481 e. The molecule has 0 bridgehead atoms. The van der Waals surface area contributed by atoms with Crippen molar-refractivity contribution in [2.75, 3.05) is 25.6 Å². The number of hydrogen-bond acceptors (Lipinski definition) is 9. The molecule has 0 aliphatic carbocycles. The molecule has 1 aliphatic rings. The van der Waals surface area contributed by atoms with E-state index in [1.165, 1.54) is 6.92 Å². The number of amides is 1. The zero-order chi connectivity index (χ0) is 21.2. The van der Waals surface area contributed by atoms with Crippen molar-refractivity contribution in [2.45, 2.75) is 51.9 Å². The highest BCUT2D eigenvalue weighted by Gasteiger charge is 2.23. The summed E-state index contributed by atoms with van der Waals surface area (Å²) in [6.45, 7) is 4.62. The third kappa shape index (κ3) is 17.3. The van der Waals surface area contributed by atoms with E-state index in [0.29, 0.717) is 18.8 Å². The molecule has 158 valence electrons. The molecule has 10 nitrogen and oxygen atoms in total. The maximum atomic E-state index is 10.8. The number of aliphatic hydroxyl groups excluding tert-OH is 1. The van der Waals surface area contributed by atoms with Crippen LogP contribution in [-0.2, 0) is 33.4 Å². The number of carboxylic acids is 1. The zero-order valence-electron chi connectivity index (χ0n) is 15.8. The van der Waals surface area contributed by atoms with Crippen molar-refractivity contribution in [1.82, 2.24) is 5.32 Å². The first-order valence-electron chi connectivity index (χ1n) is 8.28. The van der Waals surface area contributed by atoms with Gasteiger partial charge in [0.1, 0.15) is 12.1 Å².